The summed E-state index contributed by atoms with van der Waals surface area (Å²) in [5.41, 5.74) is 11.5. The van der Waals surface area contributed by atoms with E-state index in [1.165, 1.54) is 0 Å². The number of aliphatic imine (C=N–C) groups is 2. The van der Waals surface area contributed by atoms with E-state index in [0.717, 1.165) is 0 Å². The first-order valence-electron chi connectivity index (χ1n) is 8.45. The Bertz CT molecular complexity index is 656. The van der Waals surface area contributed by atoms with E-state index in [4.69, 9.17) is 11.5 Å². The van der Waals surface area contributed by atoms with Gasteiger partial charge in [-0.2, -0.15) is 13.2 Å². The van der Waals surface area contributed by atoms with Crippen LogP contribution in [0.2, 0.25) is 0 Å². The number of nitrogens with one attached hydrogen (secondary N) is 1. The average Bonchev–Trinajstić information content (AvgIpc) is 2.56. The summed E-state index contributed by atoms with van der Waals surface area (Å²) in [4.78, 5) is 20.4. The first-order valence-corrected chi connectivity index (χ1v) is 8.45. The lowest BCUT2D eigenvalue weighted by atomic mass is 9.91. The van der Waals surface area contributed by atoms with Gasteiger partial charge in [-0.3, -0.25) is 14.8 Å². The molecule has 0 saturated heterocycles. The Morgan fingerprint density at radius 3 is 2.35 bits per heavy atom. The summed E-state index contributed by atoms with van der Waals surface area (Å²) in [6, 6.07) is 0. The van der Waals surface area contributed by atoms with Crippen LogP contribution in [0.4, 0.5) is 13.2 Å². The Balaban J connectivity index is 2.95. The van der Waals surface area contributed by atoms with E-state index in [2.05, 4.69) is 15.3 Å². The number of halogens is 3. The maximum absolute atomic E-state index is 12.9. The standard InChI is InChI=1S/C17H26F3N5O/c1-4-23-11(3)15(10(2)21)25-14(26)9-24-13-8-6-5-7-12(13)16(22)17(18,19)20/h4-9,21-22H2,1-3H3,(H,25,26). The molecule has 1 fully saturated rings. The zero-order valence-corrected chi connectivity index (χ0v) is 15.3. The second kappa shape index (κ2) is 9.40. The zero-order valence-electron chi connectivity index (χ0n) is 15.3. The van der Waals surface area contributed by atoms with E-state index in [1.54, 1.807) is 13.8 Å². The number of amides is 1. The van der Waals surface area contributed by atoms with Crippen molar-refractivity contribution in [2.45, 2.75) is 52.6 Å². The molecule has 0 aromatic heterocycles. The van der Waals surface area contributed by atoms with E-state index in [9.17, 15) is 18.0 Å². The molecular formula is C17H26F3N5O. The van der Waals surface area contributed by atoms with Crippen LogP contribution in [0, 0.1) is 0 Å². The van der Waals surface area contributed by atoms with Crippen LogP contribution in [-0.4, -0.2) is 36.6 Å². The molecule has 0 unspecified atom stereocenters. The van der Waals surface area contributed by atoms with Gasteiger partial charge in [-0.1, -0.05) is 0 Å². The van der Waals surface area contributed by atoms with Crippen LogP contribution in [0.25, 0.3) is 0 Å². The van der Waals surface area contributed by atoms with Crippen molar-refractivity contribution in [3.63, 3.8) is 0 Å². The maximum Gasteiger partial charge on any atom is 0.431 e. The molecule has 1 aliphatic rings. The van der Waals surface area contributed by atoms with Gasteiger partial charge in [0.05, 0.1) is 11.4 Å². The molecule has 0 aromatic carbocycles. The van der Waals surface area contributed by atoms with Crippen LogP contribution < -0.4 is 16.8 Å². The van der Waals surface area contributed by atoms with Crippen molar-refractivity contribution in [3.05, 3.63) is 22.7 Å². The summed E-state index contributed by atoms with van der Waals surface area (Å²) in [5.74, 6) is -0.474. The molecule has 1 aliphatic carbocycles. The molecule has 0 aliphatic heterocycles. The molecule has 1 rings (SSSR count). The maximum atomic E-state index is 12.9. The largest absolute Gasteiger partial charge is 0.431 e. The zero-order chi connectivity index (χ0) is 19.9. The molecule has 9 heteroatoms. The monoisotopic (exact) mass is 373 g/mol. The van der Waals surface area contributed by atoms with E-state index >= 15 is 0 Å². The van der Waals surface area contributed by atoms with E-state index in [1.807, 2.05) is 6.92 Å². The minimum absolute atomic E-state index is 0.00829. The number of carbonyl (C=O) groups excluding carboxylic acids is 1. The average molecular weight is 373 g/mol. The SMILES string of the molecule is CCN=C(C)C(NC(=O)CN=C1CCCCC1=C(N)C(F)(F)F)=C(C)N. The highest BCUT2D eigenvalue weighted by Crippen LogP contribution is 2.30. The smallest absolute Gasteiger partial charge is 0.401 e. The fourth-order valence-corrected chi connectivity index (χ4v) is 2.66. The molecule has 0 spiro atoms. The van der Waals surface area contributed by atoms with Gasteiger partial charge in [-0.25, -0.2) is 0 Å². The highest BCUT2D eigenvalue weighted by molar-refractivity contribution is 6.04. The Labute approximate surface area is 151 Å². The molecule has 1 saturated carbocycles. The van der Waals surface area contributed by atoms with Crippen molar-refractivity contribution in [3.8, 4) is 0 Å². The van der Waals surface area contributed by atoms with Gasteiger partial charge in [0.2, 0.25) is 5.91 Å². The third kappa shape index (κ3) is 6.20. The molecule has 146 valence electrons. The van der Waals surface area contributed by atoms with E-state index in [-0.39, 0.29) is 24.3 Å². The van der Waals surface area contributed by atoms with Crippen molar-refractivity contribution in [2.24, 2.45) is 21.5 Å². The van der Waals surface area contributed by atoms with Crippen molar-refractivity contribution in [1.29, 1.82) is 0 Å². The van der Waals surface area contributed by atoms with Crippen LogP contribution in [-0.2, 0) is 4.79 Å². The number of nitrogens with zero attached hydrogens (tertiary/aromatic N) is 2. The number of nitrogens with two attached hydrogens (primary N) is 2. The number of hydrogen-bond acceptors (Lipinski definition) is 5. The summed E-state index contributed by atoms with van der Waals surface area (Å²) < 4.78 is 38.6. The second-order valence-corrected chi connectivity index (χ2v) is 6.03. The van der Waals surface area contributed by atoms with Crippen molar-refractivity contribution in [2.75, 3.05) is 13.1 Å². The molecular weight excluding hydrogens is 347 g/mol. The first kappa shape index (κ1) is 21.7. The van der Waals surface area contributed by atoms with Crippen molar-refractivity contribution in [1.82, 2.24) is 5.32 Å². The normalized spacial score (nSPS) is 20.7. The van der Waals surface area contributed by atoms with Gasteiger partial charge in [-0.05, 0) is 46.5 Å². The van der Waals surface area contributed by atoms with Crippen LogP contribution >= 0.6 is 0 Å². The fraction of sp³-hybridized carbons (Fsp3) is 0.588. The quantitative estimate of drug-likeness (QED) is 0.645. The van der Waals surface area contributed by atoms with Gasteiger partial charge in [0.25, 0.3) is 0 Å². The van der Waals surface area contributed by atoms with Crippen molar-refractivity contribution < 1.29 is 18.0 Å². The summed E-state index contributed by atoms with van der Waals surface area (Å²) in [7, 11) is 0. The summed E-state index contributed by atoms with van der Waals surface area (Å²) in [5, 5.41) is 2.62. The van der Waals surface area contributed by atoms with Crippen LogP contribution in [0.15, 0.2) is 32.6 Å². The molecule has 0 heterocycles. The van der Waals surface area contributed by atoms with Crippen molar-refractivity contribution >= 4 is 17.3 Å². The summed E-state index contributed by atoms with van der Waals surface area (Å²) >= 11 is 0. The van der Waals surface area contributed by atoms with Gasteiger partial charge in [0, 0.05) is 23.5 Å². The highest BCUT2D eigenvalue weighted by atomic mass is 19.4. The minimum atomic E-state index is -4.60. The number of rotatable bonds is 5. The number of hydrogen-bond donors (Lipinski definition) is 3. The fourth-order valence-electron chi connectivity index (χ4n) is 2.66. The lowest BCUT2D eigenvalue weighted by Crippen LogP contribution is -2.31. The second-order valence-electron chi connectivity index (χ2n) is 6.03. The first-order chi connectivity index (χ1) is 12.1. The number of allylic oxidation sites excluding steroid dienone is 4. The summed E-state index contributed by atoms with van der Waals surface area (Å²) in [6.45, 7) is 5.42. The third-order valence-corrected chi connectivity index (χ3v) is 3.90. The minimum Gasteiger partial charge on any atom is -0.401 e. The van der Waals surface area contributed by atoms with Gasteiger partial charge in [-0.15, -0.1) is 0 Å². The number of alkyl halides is 3. The van der Waals surface area contributed by atoms with Gasteiger partial charge < -0.3 is 16.8 Å². The molecule has 0 bridgehead atoms. The lowest BCUT2D eigenvalue weighted by molar-refractivity contribution is -0.118. The number of carbonyl (C=O) groups is 1. The topological polar surface area (TPSA) is 106 Å². The Kier molecular flexibility index (Phi) is 7.85. The van der Waals surface area contributed by atoms with Gasteiger partial charge >= 0.3 is 6.18 Å². The molecule has 26 heavy (non-hydrogen) atoms. The molecule has 6 nitrogen and oxygen atoms in total. The van der Waals surface area contributed by atoms with Crippen LogP contribution in [0.3, 0.4) is 0 Å². The molecule has 1 amide bonds. The van der Waals surface area contributed by atoms with Crippen LogP contribution in [0.1, 0.15) is 46.5 Å². The molecule has 0 atom stereocenters. The Morgan fingerprint density at radius 2 is 1.81 bits per heavy atom. The highest BCUT2D eigenvalue weighted by Gasteiger charge is 2.35. The Morgan fingerprint density at radius 1 is 1.19 bits per heavy atom. The molecule has 0 radical (unpaired) electrons. The molecule has 0 aromatic rings. The Hall–Kier alpha value is -2.32. The van der Waals surface area contributed by atoms with E-state index in [0.29, 0.717) is 42.9 Å². The van der Waals surface area contributed by atoms with Crippen LogP contribution in [0.5, 0.6) is 0 Å². The van der Waals surface area contributed by atoms with Gasteiger partial charge in [0.1, 0.15) is 12.2 Å². The van der Waals surface area contributed by atoms with Gasteiger partial charge in [0.15, 0.2) is 0 Å². The molecule has 5 N–H and O–H groups in total. The predicted octanol–water partition coefficient (Wildman–Crippen LogP) is 2.56. The predicted molar refractivity (Wildman–Crippen MR) is 96.7 cm³/mol. The third-order valence-electron chi connectivity index (χ3n) is 3.90. The lowest BCUT2D eigenvalue weighted by Gasteiger charge is -2.21. The summed E-state index contributed by atoms with van der Waals surface area (Å²) in [6.07, 6.45) is -2.70. The van der Waals surface area contributed by atoms with E-state index < -0.39 is 17.8 Å².